The summed E-state index contributed by atoms with van der Waals surface area (Å²) in [6.45, 7) is 4.33. The van der Waals surface area contributed by atoms with Crippen LogP contribution in [0.25, 0.3) is 0 Å². The fourth-order valence-corrected chi connectivity index (χ4v) is 2.89. The quantitative estimate of drug-likeness (QED) is 0.881. The Morgan fingerprint density at radius 1 is 1.40 bits per heavy atom. The molecule has 1 aromatic heterocycles. The first kappa shape index (κ1) is 14.6. The highest BCUT2D eigenvalue weighted by atomic mass is 16.4. The fraction of sp³-hybridized carbons (Fsp3) is 0.643. The minimum Gasteiger partial charge on any atom is -0.478 e. The van der Waals surface area contributed by atoms with Crippen LogP contribution in [0.15, 0.2) is 6.20 Å². The fourth-order valence-electron chi connectivity index (χ4n) is 2.89. The lowest BCUT2D eigenvalue weighted by atomic mass is 9.78. The normalized spacial score (nSPS) is 26.2. The van der Waals surface area contributed by atoms with Gasteiger partial charge in [-0.05, 0) is 18.3 Å². The summed E-state index contributed by atoms with van der Waals surface area (Å²) in [5, 5.41) is 15.9. The molecule has 6 nitrogen and oxygen atoms in total. The Morgan fingerprint density at radius 3 is 2.75 bits per heavy atom. The number of carboxylic acid groups (broad SMARTS) is 1. The molecule has 2 N–H and O–H groups in total. The van der Waals surface area contributed by atoms with Gasteiger partial charge in [-0.15, -0.1) is 0 Å². The predicted molar refractivity (Wildman–Crippen MR) is 73.6 cm³/mol. The third-order valence-corrected chi connectivity index (χ3v) is 4.41. The Labute approximate surface area is 118 Å². The van der Waals surface area contributed by atoms with E-state index < -0.39 is 5.97 Å². The topological polar surface area (TPSA) is 84.2 Å². The molecule has 20 heavy (non-hydrogen) atoms. The maximum Gasteiger partial charge on any atom is 0.339 e. The number of aryl methyl sites for hydroxylation is 1. The average molecular weight is 279 g/mol. The van der Waals surface area contributed by atoms with Crippen molar-refractivity contribution in [1.29, 1.82) is 0 Å². The van der Waals surface area contributed by atoms with E-state index in [-0.39, 0.29) is 23.2 Å². The zero-order chi connectivity index (χ0) is 14.9. The van der Waals surface area contributed by atoms with Crippen LogP contribution in [0.4, 0.5) is 0 Å². The van der Waals surface area contributed by atoms with Crippen molar-refractivity contribution in [3.8, 4) is 0 Å². The van der Waals surface area contributed by atoms with Crippen molar-refractivity contribution in [2.75, 3.05) is 0 Å². The summed E-state index contributed by atoms with van der Waals surface area (Å²) < 4.78 is 1.32. The van der Waals surface area contributed by atoms with E-state index in [1.807, 2.05) is 0 Å². The van der Waals surface area contributed by atoms with Gasteiger partial charge in [0.1, 0.15) is 11.3 Å². The van der Waals surface area contributed by atoms with Crippen LogP contribution in [0.1, 0.15) is 54.0 Å². The van der Waals surface area contributed by atoms with E-state index in [9.17, 15) is 9.59 Å². The number of hydrogen-bond donors (Lipinski definition) is 2. The molecule has 0 spiro atoms. The summed E-state index contributed by atoms with van der Waals surface area (Å²) in [5.41, 5.74) is 0.0597. The summed E-state index contributed by atoms with van der Waals surface area (Å²) in [6.07, 6.45) is 4.43. The monoisotopic (exact) mass is 279 g/mol. The van der Waals surface area contributed by atoms with Crippen molar-refractivity contribution in [2.24, 2.45) is 18.9 Å². The van der Waals surface area contributed by atoms with Gasteiger partial charge in [0.25, 0.3) is 5.91 Å². The van der Waals surface area contributed by atoms with Crippen LogP contribution in [0.5, 0.6) is 0 Å². The number of amides is 1. The van der Waals surface area contributed by atoms with Crippen LogP contribution in [0.2, 0.25) is 0 Å². The average Bonchev–Trinajstić information content (AvgIpc) is 2.77. The Balaban J connectivity index is 2.16. The van der Waals surface area contributed by atoms with Crippen LogP contribution in [0, 0.1) is 11.8 Å². The molecule has 0 radical (unpaired) electrons. The van der Waals surface area contributed by atoms with Crippen LogP contribution in [-0.2, 0) is 7.05 Å². The van der Waals surface area contributed by atoms with Gasteiger partial charge in [-0.1, -0.05) is 26.7 Å². The molecule has 6 heteroatoms. The number of carboxylic acids is 1. The first-order chi connectivity index (χ1) is 9.41. The van der Waals surface area contributed by atoms with Gasteiger partial charge in [0.2, 0.25) is 0 Å². The van der Waals surface area contributed by atoms with Crippen molar-refractivity contribution >= 4 is 11.9 Å². The van der Waals surface area contributed by atoms with Gasteiger partial charge in [-0.25, -0.2) is 4.79 Å². The van der Waals surface area contributed by atoms with Crippen LogP contribution < -0.4 is 5.32 Å². The standard InChI is InChI=1S/C14H21N3O3/c1-8-5-4-6-11(9(8)2)16-13(18)12-10(14(19)20)7-15-17(12)3/h7-9,11H,4-6H2,1-3H3,(H,16,18)(H,19,20)/t8-,9+,11-/m1/s1. The second-order valence-corrected chi connectivity index (χ2v) is 5.68. The number of nitrogens with zero attached hydrogens (tertiary/aromatic N) is 2. The highest BCUT2D eigenvalue weighted by molar-refractivity contribution is 6.03. The zero-order valence-corrected chi connectivity index (χ0v) is 12.1. The Bertz CT molecular complexity index is 524. The van der Waals surface area contributed by atoms with Gasteiger partial charge in [0, 0.05) is 13.1 Å². The molecule has 1 aliphatic carbocycles. The van der Waals surface area contributed by atoms with Crippen molar-refractivity contribution in [2.45, 2.75) is 39.2 Å². The summed E-state index contributed by atoms with van der Waals surface area (Å²) >= 11 is 0. The van der Waals surface area contributed by atoms with E-state index in [2.05, 4.69) is 24.3 Å². The third kappa shape index (κ3) is 2.69. The number of hydrogen-bond acceptors (Lipinski definition) is 3. The number of carbonyl (C=O) groups is 2. The van der Waals surface area contributed by atoms with E-state index in [1.165, 1.54) is 17.3 Å². The molecule has 0 bridgehead atoms. The summed E-state index contributed by atoms with van der Waals surface area (Å²) in [6, 6.07) is 0.0998. The number of aromatic nitrogens is 2. The molecule has 1 amide bonds. The van der Waals surface area contributed by atoms with E-state index in [0.29, 0.717) is 11.8 Å². The molecule has 0 saturated heterocycles. The van der Waals surface area contributed by atoms with Crippen molar-refractivity contribution in [3.63, 3.8) is 0 Å². The van der Waals surface area contributed by atoms with Crippen molar-refractivity contribution in [1.82, 2.24) is 15.1 Å². The predicted octanol–water partition coefficient (Wildman–Crippen LogP) is 1.67. The molecule has 0 aliphatic heterocycles. The SMILES string of the molecule is C[C@H]1[C@H](C)CCC[C@H]1NC(=O)c1c(C(=O)O)cnn1C. The third-order valence-electron chi connectivity index (χ3n) is 4.41. The van der Waals surface area contributed by atoms with E-state index in [0.717, 1.165) is 12.8 Å². The Morgan fingerprint density at radius 2 is 2.10 bits per heavy atom. The maximum absolute atomic E-state index is 12.3. The molecular formula is C14H21N3O3. The summed E-state index contributed by atoms with van der Waals surface area (Å²) in [4.78, 5) is 23.5. The Hall–Kier alpha value is -1.85. The van der Waals surface area contributed by atoms with Crippen LogP contribution in [-0.4, -0.2) is 32.8 Å². The van der Waals surface area contributed by atoms with Gasteiger partial charge in [-0.3, -0.25) is 9.48 Å². The van der Waals surface area contributed by atoms with Gasteiger partial charge in [0.15, 0.2) is 0 Å². The smallest absolute Gasteiger partial charge is 0.339 e. The lowest BCUT2D eigenvalue weighted by Crippen LogP contribution is -2.44. The minimum atomic E-state index is -1.13. The van der Waals surface area contributed by atoms with E-state index >= 15 is 0 Å². The number of aromatic carboxylic acids is 1. The van der Waals surface area contributed by atoms with Gasteiger partial charge in [0.05, 0.1) is 6.20 Å². The number of carbonyl (C=O) groups excluding carboxylic acids is 1. The molecule has 0 unspecified atom stereocenters. The molecule has 3 atom stereocenters. The molecule has 1 fully saturated rings. The van der Waals surface area contributed by atoms with Crippen LogP contribution in [0.3, 0.4) is 0 Å². The highest BCUT2D eigenvalue weighted by Gasteiger charge is 2.30. The lowest BCUT2D eigenvalue weighted by Gasteiger charge is -2.34. The first-order valence-corrected chi connectivity index (χ1v) is 6.98. The van der Waals surface area contributed by atoms with Crippen molar-refractivity contribution in [3.05, 3.63) is 17.5 Å². The maximum atomic E-state index is 12.3. The summed E-state index contributed by atoms with van der Waals surface area (Å²) in [7, 11) is 1.58. The van der Waals surface area contributed by atoms with Gasteiger partial charge < -0.3 is 10.4 Å². The number of nitrogens with one attached hydrogen (secondary N) is 1. The number of rotatable bonds is 3. The van der Waals surface area contributed by atoms with E-state index in [4.69, 9.17) is 5.11 Å². The van der Waals surface area contributed by atoms with Gasteiger partial charge in [-0.2, -0.15) is 5.10 Å². The highest BCUT2D eigenvalue weighted by Crippen LogP contribution is 2.29. The second kappa shape index (κ2) is 5.64. The molecule has 110 valence electrons. The van der Waals surface area contributed by atoms with Crippen LogP contribution >= 0.6 is 0 Å². The summed E-state index contributed by atoms with van der Waals surface area (Å²) in [5.74, 6) is -0.518. The molecule has 1 aromatic rings. The molecule has 1 saturated carbocycles. The molecular weight excluding hydrogens is 258 g/mol. The minimum absolute atomic E-state index is 0.0542. The molecule has 1 aliphatic rings. The first-order valence-electron chi connectivity index (χ1n) is 6.98. The lowest BCUT2D eigenvalue weighted by molar-refractivity contribution is 0.0688. The van der Waals surface area contributed by atoms with E-state index in [1.54, 1.807) is 7.05 Å². The molecule has 2 rings (SSSR count). The molecule has 0 aromatic carbocycles. The Kier molecular flexibility index (Phi) is 4.11. The largest absolute Gasteiger partial charge is 0.478 e. The second-order valence-electron chi connectivity index (χ2n) is 5.68. The van der Waals surface area contributed by atoms with Gasteiger partial charge >= 0.3 is 5.97 Å². The molecule has 1 heterocycles. The van der Waals surface area contributed by atoms with Crippen molar-refractivity contribution < 1.29 is 14.7 Å². The zero-order valence-electron chi connectivity index (χ0n) is 12.1.